The van der Waals surface area contributed by atoms with Crippen molar-refractivity contribution in [1.82, 2.24) is 15.1 Å². The predicted molar refractivity (Wildman–Crippen MR) is 76.5 cm³/mol. The summed E-state index contributed by atoms with van der Waals surface area (Å²) in [6, 6.07) is 8.03. The molecule has 2 rings (SSSR count). The zero-order valence-corrected chi connectivity index (χ0v) is 12.1. The second-order valence-electron chi connectivity index (χ2n) is 4.47. The first-order valence-corrected chi connectivity index (χ1v) is 6.56. The van der Waals surface area contributed by atoms with Crippen LogP contribution in [0.2, 0.25) is 5.02 Å². The molecule has 1 N–H and O–H groups in total. The highest BCUT2D eigenvalue weighted by Crippen LogP contribution is 2.28. The van der Waals surface area contributed by atoms with Crippen LogP contribution in [0.4, 0.5) is 0 Å². The fourth-order valence-electron chi connectivity index (χ4n) is 1.76. The van der Waals surface area contributed by atoms with Crippen molar-refractivity contribution in [2.24, 2.45) is 7.05 Å². The molecule has 0 amide bonds. The van der Waals surface area contributed by atoms with Crippen molar-refractivity contribution in [3.8, 4) is 5.75 Å². The quantitative estimate of drug-likeness (QED) is 0.915. The summed E-state index contributed by atoms with van der Waals surface area (Å²) < 4.78 is 7.42. The van der Waals surface area contributed by atoms with E-state index in [1.54, 1.807) is 4.68 Å². The summed E-state index contributed by atoms with van der Waals surface area (Å²) in [6.45, 7) is 2.50. The smallest absolute Gasteiger partial charge is 0.138 e. The fourth-order valence-corrected chi connectivity index (χ4v) is 2.01. The Kier molecular flexibility index (Phi) is 4.45. The molecule has 5 heteroatoms. The Labute approximate surface area is 118 Å². The average Bonchev–Trinajstić information content (AvgIpc) is 2.82. The van der Waals surface area contributed by atoms with Gasteiger partial charge < -0.3 is 10.1 Å². The third kappa shape index (κ3) is 3.49. The van der Waals surface area contributed by atoms with Gasteiger partial charge in [-0.1, -0.05) is 17.7 Å². The van der Waals surface area contributed by atoms with Crippen LogP contribution in [0.3, 0.4) is 0 Å². The first-order chi connectivity index (χ1) is 9.10. The van der Waals surface area contributed by atoms with Crippen LogP contribution >= 0.6 is 11.6 Å². The molecule has 0 aliphatic rings. The molecule has 0 radical (unpaired) electrons. The van der Waals surface area contributed by atoms with Gasteiger partial charge in [0.25, 0.3) is 0 Å². The van der Waals surface area contributed by atoms with E-state index >= 15 is 0 Å². The number of aryl methyl sites for hydroxylation is 1. The van der Waals surface area contributed by atoms with Gasteiger partial charge in [-0.3, -0.25) is 4.68 Å². The maximum absolute atomic E-state index is 6.22. The maximum Gasteiger partial charge on any atom is 0.138 e. The second kappa shape index (κ2) is 6.08. The van der Waals surface area contributed by atoms with Gasteiger partial charge in [-0.15, -0.1) is 0 Å². The number of halogens is 1. The molecule has 4 nitrogen and oxygen atoms in total. The minimum absolute atomic E-state index is 0.266. The Balaban J connectivity index is 2.05. The lowest BCUT2D eigenvalue weighted by Crippen LogP contribution is -2.12. The Morgan fingerprint density at radius 3 is 2.79 bits per heavy atom. The molecule has 2 aromatic rings. The number of ether oxygens (including phenoxy) is 1. The number of nitrogens with zero attached hydrogens (tertiary/aromatic N) is 2. The van der Waals surface area contributed by atoms with E-state index in [0.29, 0.717) is 17.4 Å². The lowest BCUT2D eigenvalue weighted by atomic mass is 10.1. The summed E-state index contributed by atoms with van der Waals surface area (Å²) in [6.07, 6.45) is 1.89. The zero-order valence-electron chi connectivity index (χ0n) is 11.4. The van der Waals surface area contributed by atoms with Crippen molar-refractivity contribution in [3.63, 3.8) is 0 Å². The van der Waals surface area contributed by atoms with E-state index in [1.807, 2.05) is 44.6 Å². The van der Waals surface area contributed by atoms with Gasteiger partial charge >= 0.3 is 0 Å². The SMILES string of the molecule is CNC(C)c1ccc(OCc2ccn(C)n2)c(Cl)c1. The molecule has 0 saturated heterocycles. The monoisotopic (exact) mass is 279 g/mol. The highest BCUT2D eigenvalue weighted by Gasteiger charge is 2.08. The Hall–Kier alpha value is -1.52. The molecule has 0 spiro atoms. The van der Waals surface area contributed by atoms with Crippen LogP contribution in [0, 0.1) is 0 Å². The molecule has 0 saturated carbocycles. The summed E-state index contributed by atoms with van der Waals surface area (Å²) >= 11 is 6.22. The molecule has 0 aliphatic carbocycles. The standard InChI is InChI=1S/C14H18ClN3O/c1-10(16-2)11-4-5-14(13(15)8-11)19-9-12-6-7-18(3)17-12/h4-8,10,16H,9H2,1-3H3. The summed E-state index contributed by atoms with van der Waals surface area (Å²) in [5.74, 6) is 0.680. The summed E-state index contributed by atoms with van der Waals surface area (Å²) in [5, 5.41) is 8.05. The van der Waals surface area contributed by atoms with Gasteiger partial charge in [-0.25, -0.2) is 0 Å². The number of benzene rings is 1. The van der Waals surface area contributed by atoms with Gasteiger partial charge in [0.15, 0.2) is 0 Å². The predicted octanol–water partition coefficient (Wildman–Crippen LogP) is 2.93. The largest absolute Gasteiger partial charge is 0.486 e. The number of hydrogen-bond donors (Lipinski definition) is 1. The topological polar surface area (TPSA) is 39.1 Å². The van der Waals surface area contributed by atoms with Crippen molar-refractivity contribution in [2.45, 2.75) is 19.6 Å². The van der Waals surface area contributed by atoms with Crippen LogP contribution in [0.15, 0.2) is 30.5 Å². The van der Waals surface area contributed by atoms with Crippen molar-refractivity contribution in [3.05, 3.63) is 46.7 Å². The molecular formula is C14H18ClN3O. The van der Waals surface area contributed by atoms with Crippen LogP contribution in [0.25, 0.3) is 0 Å². The molecular weight excluding hydrogens is 262 g/mol. The van der Waals surface area contributed by atoms with Crippen LogP contribution < -0.4 is 10.1 Å². The molecule has 0 bridgehead atoms. The molecule has 1 aromatic carbocycles. The first kappa shape index (κ1) is 13.9. The van der Waals surface area contributed by atoms with E-state index in [1.165, 1.54) is 0 Å². The molecule has 0 aliphatic heterocycles. The molecule has 1 heterocycles. The average molecular weight is 280 g/mol. The number of aromatic nitrogens is 2. The summed E-state index contributed by atoms with van der Waals surface area (Å²) in [5.41, 5.74) is 2.02. The van der Waals surface area contributed by atoms with Gasteiger partial charge in [-0.2, -0.15) is 5.10 Å². The van der Waals surface area contributed by atoms with Crippen molar-refractivity contribution in [1.29, 1.82) is 0 Å². The van der Waals surface area contributed by atoms with Crippen LogP contribution in [0.5, 0.6) is 5.75 Å². The molecule has 1 unspecified atom stereocenters. The Bertz CT molecular complexity index is 553. The lowest BCUT2D eigenvalue weighted by Gasteiger charge is -2.13. The summed E-state index contributed by atoms with van der Waals surface area (Å²) in [4.78, 5) is 0. The van der Waals surface area contributed by atoms with Crippen LogP contribution in [-0.2, 0) is 13.7 Å². The number of nitrogens with one attached hydrogen (secondary N) is 1. The van der Waals surface area contributed by atoms with Crippen molar-refractivity contribution < 1.29 is 4.74 Å². The van der Waals surface area contributed by atoms with E-state index in [0.717, 1.165) is 11.3 Å². The third-order valence-electron chi connectivity index (χ3n) is 3.03. The van der Waals surface area contributed by atoms with Gasteiger partial charge in [0.2, 0.25) is 0 Å². The van der Waals surface area contributed by atoms with E-state index in [-0.39, 0.29) is 6.04 Å². The fraction of sp³-hybridized carbons (Fsp3) is 0.357. The van der Waals surface area contributed by atoms with Gasteiger partial charge in [0, 0.05) is 19.3 Å². The molecule has 102 valence electrons. The van der Waals surface area contributed by atoms with E-state index in [2.05, 4.69) is 17.3 Å². The van der Waals surface area contributed by atoms with Crippen molar-refractivity contribution in [2.75, 3.05) is 7.05 Å². The Morgan fingerprint density at radius 2 is 2.21 bits per heavy atom. The number of rotatable bonds is 5. The van der Waals surface area contributed by atoms with E-state index < -0.39 is 0 Å². The maximum atomic E-state index is 6.22. The second-order valence-corrected chi connectivity index (χ2v) is 4.88. The van der Waals surface area contributed by atoms with Gasteiger partial charge in [0.05, 0.1) is 10.7 Å². The van der Waals surface area contributed by atoms with Gasteiger partial charge in [-0.05, 0) is 37.7 Å². The summed E-state index contributed by atoms with van der Waals surface area (Å²) in [7, 11) is 3.80. The lowest BCUT2D eigenvalue weighted by molar-refractivity contribution is 0.300. The van der Waals surface area contributed by atoms with E-state index in [4.69, 9.17) is 16.3 Å². The molecule has 19 heavy (non-hydrogen) atoms. The van der Waals surface area contributed by atoms with Gasteiger partial charge in [0.1, 0.15) is 12.4 Å². The molecule has 1 atom stereocenters. The minimum Gasteiger partial charge on any atom is -0.486 e. The zero-order chi connectivity index (χ0) is 13.8. The van der Waals surface area contributed by atoms with Crippen molar-refractivity contribution >= 4 is 11.6 Å². The number of hydrogen-bond acceptors (Lipinski definition) is 3. The van der Waals surface area contributed by atoms with E-state index in [9.17, 15) is 0 Å². The highest BCUT2D eigenvalue weighted by molar-refractivity contribution is 6.32. The third-order valence-corrected chi connectivity index (χ3v) is 3.33. The molecule has 1 aromatic heterocycles. The first-order valence-electron chi connectivity index (χ1n) is 6.18. The minimum atomic E-state index is 0.266. The van der Waals surface area contributed by atoms with Crippen LogP contribution in [0.1, 0.15) is 24.2 Å². The normalized spacial score (nSPS) is 12.4. The Morgan fingerprint density at radius 1 is 1.42 bits per heavy atom. The highest BCUT2D eigenvalue weighted by atomic mass is 35.5. The van der Waals surface area contributed by atoms with Crippen LogP contribution in [-0.4, -0.2) is 16.8 Å². The molecule has 0 fully saturated rings.